The third-order valence-corrected chi connectivity index (χ3v) is 21.6. The van der Waals surface area contributed by atoms with Gasteiger partial charge in [0.05, 0.1) is 22.3 Å². The number of ether oxygens (including phenoxy) is 4. The molecule has 14 nitrogen and oxygen atoms in total. The third kappa shape index (κ3) is 16.4. The second-order valence-electron chi connectivity index (χ2n) is 38.9. The van der Waals surface area contributed by atoms with Gasteiger partial charge in [0.1, 0.15) is 59.1 Å². The lowest BCUT2D eigenvalue weighted by molar-refractivity contribution is -0.117. The number of benzene rings is 11. The van der Waals surface area contributed by atoms with E-state index in [-0.39, 0.29) is 99.3 Å². The van der Waals surface area contributed by atoms with E-state index in [0.717, 1.165) is 68.9 Å². The van der Waals surface area contributed by atoms with E-state index in [1.807, 2.05) is 98.8 Å². The molecule has 0 saturated heterocycles. The standard InChI is InChI=1S/C98H108N4O10/c1-57-25-23-27-63(45-57)99-77(103)51-101-87(105)69-47-73(109-65-37-29-59(30-38-65)95(15,16)53-91(3,4)5)81-83-75(111-67-41-33-61(34-42-67)97(19,20)55-93(9,10)11)49-71-80-72(90(108)102(89(71)107)52-78(104)100-64-28-24-26-58(2)46-64)50-76(112-68-43-35-62(36-44-68)98(21,22)56-94(12,13)14)84(86(80)83)82-74(48-70(88(101)106)79(69)85(81)82)110-66-39-31-60(32-40-66)96(17,18)54-92(6,7)8/h23-50H,51-56H2,1-22H3,(H,99,103)(H,100,104). The number of carbonyl (C=O) groups excluding carboxylic acids is 6. The third-order valence-electron chi connectivity index (χ3n) is 21.6. The molecular weight excluding hydrogens is 1390 g/mol. The topological polar surface area (TPSA) is 170 Å². The van der Waals surface area contributed by atoms with E-state index in [4.69, 9.17) is 18.9 Å². The van der Waals surface area contributed by atoms with Crippen LogP contribution in [0.5, 0.6) is 46.0 Å². The van der Waals surface area contributed by atoms with E-state index < -0.39 is 48.5 Å². The van der Waals surface area contributed by atoms with Crippen molar-refractivity contribution in [2.45, 2.75) is 200 Å². The highest BCUT2D eigenvalue weighted by Gasteiger charge is 2.44. The number of anilines is 2. The highest BCUT2D eigenvalue weighted by Crippen LogP contribution is 2.59. The number of hydrogen-bond acceptors (Lipinski definition) is 10. The SMILES string of the molecule is Cc1cccc(NC(=O)CN2C(=O)c3cc(Oc4ccc(C(C)(C)CC(C)(C)C)cc4)c4c5c(Oc6ccc(C(C)(C)CC(C)(C)C)cc6)cc6c7c(cc(Oc8ccc(C(C)(C)CC(C)(C)C)cc8)c(c8c(Oc9ccc(C(C)(C)CC(C)(C)C)cc9)cc(c3c48)C2=O)c75)C(=O)N(CC(=O)Nc2cccc(C)c2)C6=O)c1. The van der Waals surface area contributed by atoms with Crippen molar-refractivity contribution in [2.24, 2.45) is 21.7 Å². The molecule has 0 atom stereocenters. The van der Waals surface area contributed by atoms with Gasteiger partial charge in [0.25, 0.3) is 23.6 Å². The second kappa shape index (κ2) is 28.7. The van der Waals surface area contributed by atoms with Gasteiger partial charge in [-0.1, -0.05) is 211 Å². The van der Waals surface area contributed by atoms with Gasteiger partial charge in [-0.2, -0.15) is 0 Å². The summed E-state index contributed by atoms with van der Waals surface area (Å²) in [4.78, 5) is 95.5. The zero-order valence-electron chi connectivity index (χ0n) is 69.4. The average Bonchev–Trinajstić information content (AvgIpc) is 0.671. The molecule has 2 aliphatic heterocycles. The number of fused-ring (bicyclic) bond motifs is 2. The smallest absolute Gasteiger partial charge is 0.262 e. The molecule has 0 fully saturated rings. The minimum absolute atomic E-state index is 0.00689. The summed E-state index contributed by atoms with van der Waals surface area (Å²) in [5.74, 6) is -2.22. The van der Waals surface area contributed by atoms with Crippen molar-refractivity contribution < 1.29 is 47.7 Å². The normalized spacial score (nSPS) is 13.9. The molecule has 0 aromatic heterocycles. The molecule has 6 amide bonds. The minimum atomic E-state index is -0.767. The Bertz CT molecular complexity index is 4960. The van der Waals surface area contributed by atoms with Crippen LogP contribution in [0.2, 0.25) is 0 Å². The van der Waals surface area contributed by atoms with E-state index in [9.17, 15) is 9.59 Å². The maximum absolute atomic E-state index is 16.1. The Morgan fingerprint density at radius 2 is 0.518 bits per heavy atom. The molecule has 13 rings (SSSR count). The molecule has 0 spiro atoms. The first kappa shape index (κ1) is 79.2. The lowest BCUT2D eigenvalue weighted by Gasteiger charge is -2.33. The summed E-state index contributed by atoms with van der Waals surface area (Å²) >= 11 is 0. The van der Waals surface area contributed by atoms with Gasteiger partial charge < -0.3 is 29.6 Å². The molecule has 11 aromatic rings. The monoisotopic (exact) mass is 1500 g/mol. The Labute approximate surface area is 660 Å². The summed E-state index contributed by atoms with van der Waals surface area (Å²) in [5, 5.41) is 8.25. The number of amides is 6. The second-order valence-corrected chi connectivity index (χ2v) is 38.9. The van der Waals surface area contributed by atoms with Crippen molar-refractivity contribution in [3.8, 4) is 46.0 Å². The number of imide groups is 2. The van der Waals surface area contributed by atoms with E-state index in [2.05, 4.69) is 198 Å². The molecule has 0 aliphatic carbocycles. The summed E-state index contributed by atoms with van der Waals surface area (Å²) in [5.41, 5.74) is 6.14. The van der Waals surface area contributed by atoms with Gasteiger partial charge in [0.2, 0.25) is 11.8 Å². The lowest BCUT2D eigenvalue weighted by Crippen LogP contribution is -2.45. The predicted molar refractivity (Wildman–Crippen MR) is 452 cm³/mol. The first-order valence-corrected chi connectivity index (χ1v) is 39.2. The van der Waals surface area contributed by atoms with Crippen LogP contribution in [0.1, 0.15) is 239 Å². The van der Waals surface area contributed by atoms with E-state index >= 15 is 19.2 Å². The largest absolute Gasteiger partial charge is 0.457 e. The first-order valence-electron chi connectivity index (χ1n) is 39.2. The molecule has 14 heteroatoms. The van der Waals surface area contributed by atoms with E-state index in [0.29, 0.717) is 66.7 Å². The van der Waals surface area contributed by atoms with Crippen molar-refractivity contribution in [3.63, 3.8) is 0 Å². The first-order chi connectivity index (χ1) is 52.2. The Balaban J connectivity index is 1.17. The van der Waals surface area contributed by atoms with Crippen LogP contribution in [0.15, 0.2) is 170 Å². The molecular formula is C98H108N4O10. The maximum Gasteiger partial charge on any atom is 0.262 e. The zero-order valence-corrected chi connectivity index (χ0v) is 69.4. The highest BCUT2D eigenvalue weighted by atomic mass is 16.5. The fraction of sp³-hybridized carbons (Fsp3) is 0.367. The molecule has 0 bridgehead atoms. The Morgan fingerprint density at radius 3 is 0.723 bits per heavy atom. The lowest BCUT2D eigenvalue weighted by atomic mass is 9.72. The fourth-order valence-electron chi connectivity index (χ4n) is 18.5. The molecule has 2 aliphatic rings. The van der Waals surface area contributed by atoms with Crippen LogP contribution in [0.25, 0.3) is 43.1 Å². The van der Waals surface area contributed by atoms with Crippen molar-refractivity contribution in [3.05, 3.63) is 225 Å². The van der Waals surface area contributed by atoms with Gasteiger partial charge in [-0.3, -0.25) is 38.6 Å². The Kier molecular flexibility index (Phi) is 20.3. The zero-order chi connectivity index (χ0) is 81.1. The van der Waals surface area contributed by atoms with Gasteiger partial charge >= 0.3 is 0 Å². The van der Waals surface area contributed by atoms with Crippen molar-refractivity contribution in [2.75, 3.05) is 23.7 Å². The number of nitrogens with zero attached hydrogens (tertiary/aromatic N) is 2. The Morgan fingerprint density at radius 1 is 0.295 bits per heavy atom. The minimum Gasteiger partial charge on any atom is -0.457 e. The van der Waals surface area contributed by atoms with Crippen LogP contribution in [0.3, 0.4) is 0 Å². The fourth-order valence-corrected chi connectivity index (χ4v) is 18.5. The van der Waals surface area contributed by atoms with Crippen LogP contribution in [0, 0.1) is 35.5 Å². The summed E-state index contributed by atoms with van der Waals surface area (Å²) in [6.45, 7) is 47.0. The van der Waals surface area contributed by atoms with Crippen LogP contribution in [0.4, 0.5) is 11.4 Å². The number of aryl methyl sites for hydroxylation is 2. The summed E-state index contributed by atoms with van der Waals surface area (Å²) in [6, 6.07) is 52.7. The van der Waals surface area contributed by atoms with Gasteiger partial charge in [0, 0.05) is 54.5 Å². The number of hydrogen-bond donors (Lipinski definition) is 2. The van der Waals surface area contributed by atoms with Crippen LogP contribution in [-0.2, 0) is 31.2 Å². The van der Waals surface area contributed by atoms with Gasteiger partial charge in [-0.25, -0.2) is 0 Å². The van der Waals surface area contributed by atoms with Crippen LogP contribution >= 0.6 is 0 Å². The van der Waals surface area contributed by atoms with Crippen LogP contribution in [-0.4, -0.2) is 58.3 Å². The Hall–Kier alpha value is -10.9. The summed E-state index contributed by atoms with van der Waals surface area (Å²) in [7, 11) is 0. The quantitative estimate of drug-likeness (QED) is 0.0378. The molecule has 0 radical (unpaired) electrons. The van der Waals surface area contributed by atoms with Gasteiger partial charge in [-0.05, 0) is 213 Å². The molecule has 0 unspecified atom stereocenters. The maximum atomic E-state index is 16.1. The molecule has 2 heterocycles. The average molecular weight is 1500 g/mol. The van der Waals surface area contributed by atoms with Crippen LogP contribution < -0.4 is 29.6 Å². The molecule has 580 valence electrons. The summed E-state index contributed by atoms with van der Waals surface area (Å²) in [6.07, 6.45) is 3.49. The van der Waals surface area contributed by atoms with Gasteiger partial charge in [-0.15, -0.1) is 0 Å². The summed E-state index contributed by atoms with van der Waals surface area (Å²) < 4.78 is 29.8. The molecule has 0 saturated carbocycles. The van der Waals surface area contributed by atoms with Crippen molar-refractivity contribution >= 4 is 89.9 Å². The number of nitrogens with one attached hydrogen (secondary N) is 2. The molecule has 2 N–H and O–H groups in total. The van der Waals surface area contributed by atoms with Crippen molar-refractivity contribution in [1.29, 1.82) is 0 Å². The highest BCUT2D eigenvalue weighted by molar-refractivity contribution is 6.45. The predicted octanol–water partition coefficient (Wildman–Crippen LogP) is 24.8. The van der Waals surface area contributed by atoms with E-state index in [1.54, 1.807) is 36.4 Å². The van der Waals surface area contributed by atoms with Crippen molar-refractivity contribution in [1.82, 2.24) is 9.80 Å². The number of carbonyl (C=O) groups is 6. The molecule has 112 heavy (non-hydrogen) atoms. The van der Waals surface area contributed by atoms with Gasteiger partial charge in [0.15, 0.2) is 0 Å². The van der Waals surface area contributed by atoms with E-state index in [1.165, 1.54) is 0 Å². The molecule has 11 aromatic carbocycles. The number of rotatable bonds is 22.